The van der Waals surface area contributed by atoms with Crippen LogP contribution in [0.1, 0.15) is 25.8 Å². The number of hydrogen-bond acceptors (Lipinski definition) is 3. The van der Waals surface area contributed by atoms with Crippen molar-refractivity contribution in [2.24, 2.45) is 0 Å². The van der Waals surface area contributed by atoms with E-state index < -0.39 is 6.36 Å². The van der Waals surface area contributed by atoms with Gasteiger partial charge in [-0.1, -0.05) is 26.0 Å². The number of halogens is 3. The molecule has 1 aromatic rings. The molecule has 21 heavy (non-hydrogen) atoms. The summed E-state index contributed by atoms with van der Waals surface area (Å²) < 4.78 is 40.1. The maximum atomic E-state index is 12.1. The SMILES string of the molecule is CCC(C)SCC(Cc1ccc(OC(F)(F)F)cc1)NC. The number of likely N-dealkylation sites (N-methyl/N-ethyl adjacent to an activating group) is 1. The zero-order valence-electron chi connectivity index (χ0n) is 12.5. The van der Waals surface area contributed by atoms with Crippen LogP contribution in [-0.2, 0) is 6.42 Å². The molecule has 1 N–H and O–H groups in total. The molecule has 6 heteroatoms. The molecule has 0 saturated heterocycles. The second-order valence-electron chi connectivity index (χ2n) is 4.93. The van der Waals surface area contributed by atoms with Crippen LogP contribution < -0.4 is 10.1 Å². The van der Waals surface area contributed by atoms with E-state index in [1.165, 1.54) is 12.1 Å². The van der Waals surface area contributed by atoms with E-state index >= 15 is 0 Å². The molecule has 2 unspecified atom stereocenters. The van der Waals surface area contributed by atoms with Gasteiger partial charge in [-0.2, -0.15) is 11.8 Å². The molecule has 0 heterocycles. The van der Waals surface area contributed by atoms with Gasteiger partial charge in [-0.25, -0.2) is 0 Å². The Morgan fingerprint density at radius 2 is 1.86 bits per heavy atom. The second kappa shape index (κ2) is 8.54. The van der Waals surface area contributed by atoms with Crippen LogP contribution in [0.2, 0.25) is 0 Å². The summed E-state index contributed by atoms with van der Waals surface area (Å²) in [7, 11) is 1.91. The first-order chi connectivity index (χ1) is 9.84. The Bertz CT molecular complexity index is 408. The molecule has 1 aromatic carbocycles. The third kappa shape index (κ3) is 7.62. The third-order valence-electron chi connectivity index (χ3n) is 3.20. The lowest BCUT2D eigenvalue weighted by atomic mass is 10.1. The quantitative estimate of drug-likeness (QED) is 0.773. The van der Waals surface area contributed by atoms with Gasteiger partial charge < -0.3 is 10.1 Å². The van der Waals surface area contributed by atoms with Crippen molar-refractivity contribution in [2.45, 2.75) is 44.3 Å². The first-order valence-electron chi connectivity index (χ1n) is 6.97. The average molecular weight is 321 g/mol. The lowest BCUT2D eigenvalue weighted by Crippen LogP contribution is -2.30. The average Bonchev–Trinajstić information content (AvgIpc) is 2.43. The molecule has 0 aromatic heterocycles. The summed E-state index contributed by atoms with van der Waals surface area (Å²) in [4.78, 5) is 0. The van der Waals surface area contributed by atoms with E-state index in [0.717, 1.165) is 24.2 Å². The van der Waals surface area contributed by atoms with Crippen molar-refractivity contribution in [3.05, 3.63) is 29.8 Å². The molecular formula is C15H22F3NOS. The Hall–Kier alpha value is -0.880. The van der Waals surface area contributed by atoms with E-state index in [1.54, 1.807) is 12.1 Å². The molecule has 0 radical (unpaired) electrons. The van der Waals surface area contributed by atoms with Gasteiger partial charge in [-0.05, 0) is 37.6 Å². The van der Waals surface area contributed by atoms with Gasteiger partial charge in [0.05, 0.1) is 0 Å². The van der Waals surface area contributed by atoms with Crippen LogP contribution in [0.15, 0.2) is 24.3 Å². The number of thioether (sulfide) groups is 1. The Kier molecular flexibility index (Phi) is 7.39. The van der Waals surface area contributed by atoms with Gasteiger partial charge in [0.15, 0.2) is 0 Å². The minimum absolute atomic E-state index is 0.179. The van der Waals surface area contributed by atoms with Gasteiger partial charge in [0.2, 0.25) is 0 Å². The van der Waals surface area contributed by atoms with Crippen LogP contribution in [0.4, 0.5) is 13.2 Å². The standard InChI is InChI=1S/C15H22F3NOS/c1-4-11(2)21-10-13(19-3)9-12-5-7-14(8-6-12)20-15(16,17)18/h5-8,11,13,19H,4,9-10H2,1-3H3. The molecule has 1 rings (SSSR count). The van der Waals surface area contributed by atoms with E-state index in [-0.39, 0.29) is 5.75 Å². The highest BCUT2D eigenvalue weighted by Crippen LogP contribution is 2.23. The number of ether oxygens (including phenoxy) is 1. The molecular weight excluding hydrogens is 299 g/mol. The maximum absolute atomic E-state index is 12.1. The van der Waals surface area contributed by atoms with Crippen molar-refractivity contribution >= 4 is 11.8 Å². The zero-order chi connectivity index (χ0) is 15.9. The predicted molar refractivity (Wildman–Crippen MR) is 81.9 cm³/mol. The van der Waals surface area contributed by atoms with Crippen molar-refractivity contribution < 1.29 is 17.9 Å². The van der Waals surface area contributed by atoms with Gasteiger partial charge in [0.25, 0.3) is 0 Å². The topological polar surface area (TPSA) is 21.3 Å². The molecule has 0 amide bonds. The van der Waals surface area contributed by atoms with Crippen LogP contribution in [-0.4, -0.2) is 30.5 Å². The third-order valence-corrected chi connectivity index (χ3v) is 4.70. The normalized spacial score (nSPS) is 14.8. The molecule has 0 aliphatic carbocycles. The van der Waals surface area contributed by atoms with E-state index in [9.17, 15) is 13.2 Å². The lowest BCUT2D eigenvalue weighted by Gasteiger charge is -2.18. The summed E-state index contributed by atoms with van der Waals surface area (Å²) in [5.74, 6) is 0.799. The second-order valence-corrected chi connectivity index (χ2v) is 6.41. The number of alkyl halides is 3. The van der Waals surface area contributed by atoms with Crippen LogP contribution in [0.5, 0.6) is 5.75 Å². The highest BCUT2D eigenvalue weighted by atomic mass is 32.2. The maximum Gasteiger partial charge on any atom is 0.573 e. The number of benzene rings is 1. The van der Waals surface area contributed by atoms with Crippen LogP contribution >= 0.6 is 11.8 Å². The Labute approximate surface area is 128 Å². The van der Waals surface area contributed by atoms with Gasteiger partial charge in [-0.3, -0.25) is 0 Å². The lowest BCUT2D eigenvalue weighted by molar-refractivity contribution is -0.274. The van der Waals surface area contributed by atoms with Crippen molar-refractivity contribution in [3.8, 4) is 5.75 Å². The number of rotatable bonds is 8. The molecule has 0 saturated carbocycles. The Morgan fingerprint density at radius 3 is 2.33 bits per heavy atom. The highest BCUT2D eigenvalue weighted by molar-refractivity contribution is 7.99. The van der Waals surface area contributed by atoms with Crippen molar-refractivity contribution in [2.75, 3.05) is 12.8 Å². The molecule has 120 valence electrons. The largest absolute Gasteiger partial charge is 0.573 e. The minimum atomic E-state index is -4.64. The van der Waals surface area contributed by atoms with Crippen LogP contribution in [0.3, 0.4) is 0 Å². The zero-order valence-corrected chi connectivity index (χ0v) is 13.4. The van der Waals surface area contributed by atoms with Gasteiger partial charge in [0.1, 0.15) is 5.75 Å². The predicted octanol–water partition coefficient (Wildman–Crippen LogP) is 4.25. The summed E-state index contributed by atoms with van der Waals surface area (Å²) >= 11 is 1.90. The van der Waals surface area contributed by atoms with E-state index in [1.807, 2.05) is 18.8 Å². The molecule has 0 spiro atoms. The fourth-order valence-electron chi connectivity index (χ4n) is 1.75. The molecule has 2 nitrogen and oxygen atoms in total. The van der Waals surface area contributed by atoms with Gasteiger partial charge in [-0.15, -0.1) is 13.2 Å². The summed E-state index contributed by atoms with van der Waals surface area (Å²) in [6.07, 6.45) is -2.72. The fraction of sp³-hybridized carbons (Fsp3) is 0.600. The first-order valence-corrected chi connectivity index (χ1v) is 8.02. The molecule has 0 fully saturated rings. The summed E-state index contributed by atoms with van der Waals surface area (Å²) in [6, 6.07) is 6.38. The van der Waals surface area contributed by atoms with Crippen molar-refractivity contribution in [3.63, 3.8) is 0 Å². The molecule has 0 aliphatic rings. The van der Waals surface area contributed by atoms with E-state index in [2.05, 4.69) is 23.9 Å². The van der Waals surface area contributed by atoms with Gasteiger partial charge in [0, 0.05) is 17.0 Å². The minimum Gasteiger partial charge on any atom is -0.406 e. The van der Waals surface area contributed by atoms with Crippen LogP contribution in [0.25, 0.3) is 0 Å². The Balaban J connectivity index is 2.53. The van der Waals surface area contributed by atoms with E-state index in [0.29, 0.717) is 11.3 Å². The highest BCUT2D eigenvalue weighted by Gasteiger charge is 2.30. The number of hydrogen-bond donors (Lipinski definition) is 1. The smallest absolute Gasteiger partial charge is 0.406 e. The van der Waals surface area contributed by atoms with Crippen molar-refractivity contribution in [1.29, 1.82) is 0 Å². The van der Waals surface area contributed by atoms with Gasteiger partial charge >= 0.3 is 6.36 Å². The molecule has 0 aliphatic heterocycles. The molecule has 2 atom stereocenters. The summed E-state index contributed by atoms with van der Waals surface area (Å²) in [5.41, 5.74) is 0.994. The van der Waals surface area contributed by atoms with E-state index in [4.69, 9.17) is 0 Å². The van der Waals surface area contributed by atoms with Crippen molar-refractivity contribution in [1.82, 2.24) is 5.32 Å². The first kappa shape index (κ1) is 18.2. The summed E-state index contributed by atoms with van der Waals surface area (Å²) in [5, 5.41) is 3.87. The Morgan fingerprint density at radius 1 is 1.24 bits per heavy atom. The monoisotopic (exact) mass is 321 g/mol. The molecule has 0 bridgehead atoms. The number of nitrogens with one attached hydrogen (secondary N) is 1. The fourth-order valence-corrected chi connectivity index (χ4v) is 2.84. The van der Waals surface area contributed by atoms with Crippen LogP contribution in [0, 0.1) is 0 Å². The summed E-state index contributed by atoms with van der Waals surface area (Å²) in [6.45, 7) is 4.35.